The molecular formula is C21H41IN4O4S. The maximum atomic E-state index is 12.6. The first-order chi connectivity index (χ1) is 13.7. The average Bonchev–Trinajstić information content (AvgIpc) is 2.84. The molecule has 0 spiro atoms. The van der Waals surface area contributed by atoms with Gasteiger partial charge >= 0.3 is 6.09 Å². The third-order valence-corrected chi connectivity index (χ3v) is 8.17. The van der Waals surface area contributed by atoms with E-state index in [1.807, 2.05) is 32.6 Å². The van der Waals surface area contributed by atoms with Gasteiger partial charge in [-0.05, 0) is 74.1 Å². The van der Waals surface area contributed by atoms with Gasteiger partial charge in [0.15, 0.2) is 15.8 Å². The fraction of sp³-hybridized carbons (Fsp3) is 0.905. The molecule has 0 aromatic rings. The molecule has 1 amide bonds. The summed E-state index contributed by atoms with van der Waals surface area (Å²) in [7, 11) is -3.20. The van der Waals surface area contributed by atoms with Crippen LogP contribution in [0, 0.1) is 0 Å². The molecule has 0 aromatic carbocycles. The molecular weight excluding hydrogens is 531 g/mol. The summed E-state index contributed by atoms with van der Waals surface area (Å²) in [6.07, 6.45) is 3.42. The minimum absolute atomic E-state index is 0. The third kappa shape index (κ3) is 7.94. The van der Waals surface area contributed by atoms with E-state index in [-0.39, 0.29) is 60.5 Å². The fourth-order valence-electron chi connectivity index (χ4n) is 4.00. The molecule has 182 valence electrons. The zero-order valence-electron chi connectivity index (χ0n) is 20.0. The number of fused-ring (bicyclic) bond motifs is 2. The lowest BCUT2D eigenvalue weighted by molar-refractivity contribution is 0.00545. The molecule has 2 heterocycles. The number of hydrogen-bond acceptors (Lipinski definition) is 5. The average molecular weight is 573 g/mol. The van der Waals surface area contributed by atoms with Crippen LogP contribution in [-0.4, -0.2) is 72.7 Å². The fourth-order valence-corrected chi connectivity index (χ4v) is 4.95. The number of rotatable bonds is 5. The van der Waals surface area contributed by atoms with Gasteiger partial charge in [0.25, 0.3) is 0 Å². The number of amides is 1. The van der Waals surface area contributed by atoms with Gasteiger partial charge in [-0.3, -0.25) is 4.99 Å². The van der Waals surface area contributed by atoms with Crippen molar-refractivity contribution in [2.24, 2.45) is 4.99 Å². The number of carbonyl (C=O) groups is 1. The van der Waals surface area contributed by atoms with E-state index in [2.05, 4.69) is 15.6 Å². The molecule has 0 saturated carbocycles. The molecule has 0 radical (unpaired) electrons. The van der Waals surface area contributed by atoms with Gasteiger partial charge in [0.2, 0.25) is 0 Å². The molecule has 2 bridgehead atoms. The van der Waals surface area contributed by atoms with Crippen molar-refractivity contribution in [3.8, 4) is 0 Å². The van der Waals surface area contributed by atoms with Crippen molar-refractivity contribution in [1.29, 1.82) is 0 Å². The van der Waals surface area contributed by atoms with Crippen LogP contribution in [0.4, 0.5) is 4.79 Å². The van der Waals surface area contributed by atoms with Crippen LogP contribution in [0.25, 0.3) is 0 Å². The lowest BCUT2D eigenvalue weighted by Gasteiger charge is -2.40. The Kier molecular flexibility index (Phi) is 9.93. The number of sulfone groups is 1. The van der Waals surface area contributed by atoms with Crippen molar-refractivity contribution in [1.82, 2.24) is 15.5 Å². The van der Waals surface area contributed by atoms with E-state index in [4.69, 9.17) is 4.74 Å². The lowest BCUT2D eigenvalue weighted by Crippen LogP contribution is -2.55. The van der Waals surface area contributed by atoms with E-state index in [1.54, 1.807) is 20.8 Å². The first-order valence-corrected chi connectivity index (χ1v) is 12.7. The summed E-state index contributed by atoms with van der Waals surface area (Å²) < 4.78 is 29.5. The number of halogens is 1. The summed E-state index contributed by atoms with van der Waals surface area (Å²) in [6.45, 7) is 13.7. The molecule has 2 atom stereocenters. The molecule has 8 nitrogen and oxygen atoms in total. The minimum atomic E-state index is -3.20. The van der Waals surface area contributed by atoms with Crippen molar-refractivity contribution in [2.75, 3.05) is 18.8 Å². The van der Waals surface area contributed by atoms with Gasteiger partial charge in [0.05, 0.1) is 17.0 Å². The molecule has 2 N–H and O–H groups in total. The van der Waals surface area contributed by atoms with Crippen LogP contribution in [0.3, 0.4) is 0 Å². The van der Waals surface area contributed by atoms with E-state index in [9.17, 15) is 13.2 Å². The molecule has 2 rings (SSSR count). The van der Waals surface area contributed by atoms with Gasteiger partial charge in [-0.2, -0.15) is 0 Å². The van der Waals surface area contributed by atoms with E-state index in [1.165, 1.54) is 0 Å². The maximum Gasteiger partial charge on any atom is 0.410 e. The Hall–Kier alpha value is -0.780. The summed E-state index contributed by atoms with van der Waals surface area (Å²) in [5.41, 5.74) is -0.496. The molecule has 0 aliphatic carbocycles. The number of carbonyl (C=O) groups excluding carboxylic acids is 1. The van der Waals surface area contributed by atoms with Gasteiger partial charge in [0, 0.05) is 24.7 Å². The number of hydrogen-bond donors (Lipinski definition) is 2. The van der Waals surface area contributed by atoms with Gasteiger partial charge in [-0.15, -0.1) is 24.0 Å². The Morgan fingerprint density at radius 2 is 1.65 bits per heavy atom. The number of guanidine groups is 1. The maximum absolute atomic E-state index is 12.6. The standard InChI is InChI=1S/C21H40N4O4S.HI/c1-8-22-18(23-11-12-30(27,28)21(5,6)7)24-15-13-16-9-10-17(14-15)25(16)19(26)29-20(2,3)4;/h15-17H,8-14H2,1-7H3,(H2,22,23,24);1H. The number of aliphatic imine (C=N–C) groups is 1. The second-order valence-electron chi connectivity index (χ2n) is 10.3. The molecule has 10 heteroatoms. The Morgan fingerprint density at radius 3 is 2.10 bits per heavy atom. The Labute approximate surface area is 205 Å². The van der Waals surface area contributed by atoms with Gasteiger partial charge in [-0.25, -0.2) is 13.2 Å². The topological polar surface area (TPSA) is 100 Å². The monoisotopic (exact) mass is 572 g/mol. The molecule has 0 aromatic heterocycles. The number of ether oxygens (including phenoxy) is 1. The predicted molar refractivity (Wildman–Crippen MR) is 136 cm³/mol. The van der Waals surface area contributed by atoms with Crippen LogP contribution in [0.2, 0.25) is 0 Å². The summed E-state index contributed by atoms with van der Waals surface area (Å²) in [5.74, 6) is 0.659. The molecule has 2 aliphatic rings. The van der Waals surface area contributed by atoms with Crippen molar-refractivity contribution in [3.63, 3.8) is 0 Å². The Balaban J connectivity index is 0.00000480. The van der Waals surface area contributed by atoms with Crippen molar-refractivity contribution < 1.29 is 17.9 Å². The largest absolute Gasteiger partial charge is 0.444 e. The van der Waals surface area contributed by atoms with Gasteiger partial charge in [0.1, 0.15) is 5.60 Å². The summed E-state index contributed by atoms with van der Waals surface area (Å²) in [4.78, 5) is 19.0. The first-order valence-electron chi connectivity index (χ1n) is 11.0. The Morgan fingerprint density at radius 1 is 1.10 bits per heavy atom. The highest BCUT2D eigenvalue weighted by molar-refractivity contribution is 14.0. The van der Waals surface area contributed by atoms with E-state index in [0.717, 1.165) is 25.7 Å². The van der Waals surface area contributed by atoms with Crippen molar-refractivity contribution >= 4 is 45.9 Å². The van der Waals surface area contributed by atoms with E-state index in [0.29, 0.717) is 12.5 Å². The minimum Gasteiger partial charge on any atom is -0.444 e. The predicted octanol–water partition coefficient (Wildman–Crippen LogP) is 3.30. The molecule has 2 fully saturated rings. The highest BCUT2D eigenvalue weighted by Crippen LogP contribution is 2.36. The van der Waals surface area contributed by atoms with Crippen LogP contribution in [-0.2, 0) is 14.6 Å². The van der Waals surface area contributed by atoms with Crippen molar-refractivity contribution in [3.05, 3.63) is 0 Å². The number of nitrogens with one attached hydrogen (secondary N) is 2. The van der Waals surface area contributed by atoms with Crippen LogP contribution in [0.5, 0.6) is 0 Å². The van der Waals surface area contributed by atoms with Crippen LogP contribution in [0.1, 0.15) is 74.1 Å². The third-order valence-electron chi connectivity index (χ3n) is 5.59. The normalized spacial score (nSPS) is 24.4. The lowest BCUT2D eigenvalue weighted by atomic mass is 9.98. The zero-order chi connectivity index (χ0) is 22.7. The van der Waals surface area contributed by atoms with Gasteiger partial charge in [-0.1, -0.05) is 0 Å². The summed E-state index contributed by atoms with van der Waals surface area (Å²) in [6, 6.07) is 0.527. The first kappa shape index (κ1) is 28.3. The number of nitrogens with zero attached hydrogens (tertiary/aromatic N) is 2. The van der Waals surface area contributed by atoms with E-state index < -0.39 is 20.2 Å². The van der Waals surface area contributed by atoms with Gasteiger partial charge < -0.3 is 20.3 Å². The zero-order valence-corrected chi connectivity index (χ0v) is 23.2. The molecule has 31 heavy (non-hydrogen) atoms. The highest BCUT2D eigenvalue weighted by atomic mass is 127. The smallest absolute Gasteiger partial charge is 0.410 e. The molecule has 2 saturated heterocycles. The summed E-state index contributed by atoms with van der Waals surface area (Å²) >= 11 is 0. The second-order valence-corrected chi connectivity index (χ2v) is 13.1. The van der Waals surface area contributed by atoms with Crippen LogP contribution < -0.4 is 10.6 Å². The van der Waals surface area contributed by atoms with Crippen LogP contribution >= 0.6 is 24.0 Å². The molecule has 2 aliphatic heterocycles. The van der Waals surface area contributed by atoms with Crippen molar-refractivity contribution in [2.45, 2.75) is 103 Å². The van der Waals surface area contributed by atoms with E-state index >= 15 is 0 Å². The highest BCUT2D eigenvalue weighted by Gasteiger charge is 2.45. The second kappa shape index (κ2) is 10.9. The quantitative estimate of drug-likeness (QED) is 0.298. The number of piperidine rings is 1. The summed E-state index contributed by atoms with van der Waals surface area (Å²) in [5, 5.41) is 6.66. The van der Waals surface area contributed by atoms with Crippen LogP contribution in [0.15, 0.2) is 4.99 Å². The SMILES string of the molecule is CCNC(=NCCS(=O)(=O)C(C)(C)C)NC1CC2CCC(C1)N2C(=O)OC(C)(C)C.I. The molecule has 2 unspecified atom stereocenters. The Bertz CT molecular complexity index is 729.